The van der Waals surface area contributed by atoms with Crippen LogP contribution in [-0.4, -0.2) is 18.1 Å². The Balaban J connectivity index is 1.75. The highest BCUT2D eigenvalue weighted by atomic mass is 16.5. The van der Waals surface area contributed by atoms with E-state index in [1.807, 2.05) is 0 Å². The van der Waals surface area contributed by atoms with Gasteiger partial charge in [0, 0.05) is 6.04 Å². The summed E-state index contributed by atoms with van der Waals surface area (Å²) in [7, 11) is 0. The van der Waals surface area contributed by atoms with Crippen LogP contribution in [0.1, 0.15) is 65.2 Å². The van der Waals surface area contributed by atoms with Gasteiger partial charge in [-0.25, -0.2) is 0 Å². The Labute approximate surface area is 110 Å². The van der Waals surface area contributed by atoms with E-state index in [9.17, 15) is 4.79 Å². The normalized spacial score (nSPS) is 33.1. The number of hydrogen-bond donors (Lipinski definition) is 1. The fourth-order valence-corrected chi connectivity index (χ4v) is 3.11. The molecule has 0 aromatic heterocycles. The number of carbonyl (C=O) groups excluding carboxylic acids is 1. The van der Waals surface area contributed by atoms with Gasteiger partial charge in [0.05, 0.1) is 5.92 Å². The van der Waals surface area contributed by atoms with Gasteiger partial charge >= 0.3 is 5.97 Å². The van der Waals surface area contributed by atoms with E-state index in [1.54, 1.807) is 0 Å². The first-order valence-electron chi connectivity index (χ1n) is 7.42. The van der Waals surface area contributed by atoms with Gasteiger partial charge in [-0.05, 0) is 56.8 Å². The molecule has 18 heavy (non-hydrogen) atoms. The quantitative estimate of drug-likeness (QED) is 0.770. The van der Waals surface area contributed by atoms with Crippen molar-refractivity contribution in [2.75, 3.05) is 0 Å². The second-order valence-electron chi connectivity index (χ2n) is 6.91. The van der Waals surface area contributed by atoms with Crippen molar-refractivity contribution < 1.29 is 9.53 Å². The van der Waals surface area contributed by atoms with E-state index < -0.39 is 0 Å². The minimum atomic E-state index is 0.0339. The summed E-state index contributed by atoms with van der Waals surface area (Å²) < 4.78 is 5.68. The molecule has 3 heteroatoms. The van der Waals surface area contributed by atoms with Gasteiger partial charge in [0.25, 0.3) is 0 Å². The standard InChI is InChI=1S/C15H27NO2/c1-15(2)9-7-13(8-10-15)18-14(17)11-3-5-12(16)6-4-11/h11-13H,3-10,16H2,1-2H3. The van der Waals surface area contributed by atoms with Crippen LogP contribution in [0, 0.1) is 11.3 Å². The molecule has 0 amide bonds. The Morgan fingerprint density at radius 1 is 1.06 bits per heavy atom. The molecule has 0 unspecified atom stereocenters. The van der Waals surface area contributed by atoms with Gasteiger partial charge in [-0.3, -0.25) is 4.79 Å². The van der Waals surface area contributed by atoms with Crippen molar-refractivity contribution >= 4 is 5.97 Å². The third-order valence-electron chi connectivity index (χ3n) is 4.67. The predicted octanol–water partition coefficient (Wildman–Crippen LogP) is 3.02. The number of nitrogens with two attached hydrogens (primary N) is 1. The average molecular weight is 253 g/mol. The lowest BCUT2D eigenvalue weighted by atomic mass is 9.76. The molecule has 0 radical (unpaired) electrons. The first-order chi connectivity index (χ1) is 8.46. The summed E-state index contributed by atoms with van der Waals surface area (Å²) in [5.74, 6) is 0.145. The number of rotatable bonds is 2. The van der Waals surface area contributed by atoms with Crippen LogP contribution in [0.15, 0.2) is 0 Å². The predicted molar refractivity (Wildman–Crippen MR) is 72.1 cm³/mol. The third kappa shape index (κ3) is 3.71. The van der Waals surface area contributed by atoms with E-state index in [-0.39, 0.29) is 18.0 Å². The Hall–Kier alpha value is -0.570. The first-order valence-corrected chi connectivity index (χ1v) is 7.42. The van der Waals surface area contributed by atoms with Gasteiger partial charge in [0.15, 0.2) is 0 Å². The lowest BCUT2D eigenvalue weighted by molar-refractivity contribution is -0.157. The fraction of sp³-hybridized carbons (Fsp3) is 0.933. The molecule has 0 aromatic carbocycles. The molecule has 0 aromatic rings. The minimum absolute atomic E-state index is 0.0339. The smallest absolute Gasteiger partial charge is 0.309 e. The van der Waals surface area contributed by atoms with Gasteiger partial charge < -0.3 is 10.5 Å². The Bertz CT molecular complexity index is 283. The van der Waals surface area contributed by atoms with Crippen LogP contribution in [-0.2, 0) is 9.53 Å². The second-order valence-corrected chi connectivity index (χ2v) is 6.91. The van der Waals surface area contributed by atoms with Crippen LogP contribution in [0.5, 0.6) is 0 Å². The van der Waals surface area contributed by atoms with E-state index in [4.69, 9.17) is 10.5 Å². The molecule has 3 nitrogen and oxygen atoms in total. The average Bonchev–Trinajstić information content (AvgIpc) is 2.33. The first kappa shape index (κ1) is 13.9. The van der Waals surface area contributed by atoms with Crippen molar-refractivity contribution in [2.24, 2.45) is 17.1 Å². The molecule has 104 valence electrons. The number of ether oxygens (including phenoxy) is 1. The minimum Gasteiger partial charge on any atom is -0.462 e. The van der Waals surface area contributed by atoms with E-state index in [0.29, 0.717) is 11.5 Å². The largest absolute Gasteiger partial charge is 0.462 e. The van der Waals surface area contributed by atoms with Gasteiger partial charge in [0.2, 0.25) is 0 Å². The maximum absolute atomic E-state index is 12.1. The number of esters is 1. The zero-order valence-electron chi connectivity index (χ0n) is 11.8. The number of hydrogen-bond acceptors (Lipinski definition) is 3. The summed E-state index contributed by atoms with van der Waals surface area (Å²) in [5, 5.41) is 0. The van der Waals surface area contributed by atoms with Crippen molar-refractivity contribution in [1.29, 1.82) is 0 Å². The third-order valence-corrected chi connectivity index (χ3v) is 4.67. The van der Waals surface area contributed by atoms with Crippen molar-refractivity contribution in [3.63, 3.8) is 0 Å². The van der Waals surface area contributed by atoms with E-state index in [1.165, 1.54) is 12.8 Å². The summed E-state index contributed by atoms with van der Waals surface area (Å²) in [6, 6.07) is 0.296. The van der Waals surface area contributed by atoms with Crippen LogP contribution in [0.3, 0.4) is 0 Å². The molecular formula is C15H27NO2. The van der Waals surface area contributed by atoms with E-state index in [2.05, 4.69) is 13.8 Å². The lowest BCUT2D eigenvalue weighted by Gasteiger charge is -2.35. The van der Waals surface area contributed by atoms with Crippen LogP contribution >= 0.6 is 0 Å². The van der Waals surface area contributed by atoms with Crippen molar-refractivity contribution in [1.82, 2.24) is 0 Å². The van der Waals surface area contributed by atoms with Crippen LogP contribution in [0.4, 0.5) is 0 Å². The summed E-state index contributed by atoms with van der Waals surface area (Å²) in [5.41, 5.74) is 6.29. The fourth-order valence-electron chi connectivity index (χ4n) is 3.11. The molecule has 2 aliphatic rings. The van der Waals surface area contributed by atoms with Crippen LogP contribution < -0.4 is 5.73 Å². The molecular weight excluding hydrogens is 226 g/mol. The van der Waals surface area contributed by atoms with Crippen LogP contribution in [0.25, 0.3) is 0 Å². The lowest BCUT2D eigenvalue weighted by Crippen LogP contribution is -2.34. The SMILES string of the molecule is CC1(C)CCC(OC(=O)C2CCC(N)CC2)CC1. The van der Waals surface area contributed by atoms with Crippen molar-refractivity contribution in [2.45, 2.75) is 77.4 Å². The van der Waals surface area contributed by atoms with Crippen molar-refractivity contribution in [3.05, 3.63) is 0 Å². The van der Waals surface area contributed by atoms with Gasteiger partial charge in [0.1, 0.15) is 6.10 Å². The Kier molecular flexibility index (Phi) is 4.31. The van der Waals surface area contributed by atoms with Crippen molar-refractivity contribution in [3.8, 4) is 0 Å². The van der Waals surface area contributed by atoms with E-state index >= 15 is 0 Å². The maximum Gasteiger partial charge on any atom is 0.309 e. The topological polar surface area (TPSA) is 52.3 Å². The summed E-state index contributed by atoms with van der Waals surface area (Å²) in [4.78, 5) is 12.1. The molecule has 2 N–H and O–H groups in total. The van der Waals surface area contributed by atoms with Gasteiger partial charge in [-0.1, -0.05) is 13.8 Å². The van der Waals surface area contributed by atoms with Crippen LogP contribution in [0.2, 0.25) is 0 Å². The molecule has 2 saturated carbocycles. The van der Waals surface area contributed by atoms with Gasteiger partial charge in [-0.2, -0.15) is 0 Å². The summed E-state index contributed by atoms with van der Waals surface area (Å²) >= 11 is 0. The summed E-state index contributed by atoms with van der Waals surface area (Å²) in [6.45, 7) is 4.60. The highest BCUT2D eigenvalue weighted by Crippen LogP contribution is 2.36. The molecule has 0 spiro atoms. The Morgan fingerprint density at radius 2 is 1.61 bits per heavy atom. The monoisotopic (exact) mass is 253 g/mol. The molecule has 0 saturated heterocycles. The van der Waals surface area contributed by atoms with E-state index in [0.717, 1.165) is 38.5 Å². The molecule has 2 aliphatic carbocycles. The molecule has 0 bridgehead atoms. The maximum atomic E-state index is 12.1. The molecule has 2 fully saturated rings. The molecule has 0 aliphatic heterocycles. The molecule has 2 rings (SSSR count). The number of carbonyl (C=O) groups is 1. The van der Waals surface area contributed by atoms with Gasteiger partial charge in [-0.15, -0.1) is 0 Å². The highest BCUT2D eigenvalue weighted by molar-refractivity contribution is 5.72. The highest BCUT2D eigenvalue weighted by Gasteiger charge is 2.31. The molecule has 0 heterocycles. The molecule has 0 atom stereocenters. The zero-order valence-corrected chi connectivity index (χ0v) is 11.8. The Morgan fingerprint density at radius 3 is 2.17 bits per heavy atom. The zero-order chi connectivity index (χ0) is 13.2. The second kappa shape index (κ2) is 5.60. The summed E-state index contributed by atoms with van der Waals surface area (Å²) in [6.07, 6.45) is 8.34.